The molecule has 0 atom stereocenters. The van der Waals surface area contributed by atoms with Gasteiger partial charge in [-0.3, -0.25) is 4.98 Å². The standard InChI is InChI=1S/C16H14N2O2S/c1-3-20-16(19)14-10(2)21-15(18-14)12-6-7-13-11(9-12)5-4-8-17-13/h4-9H,3H2,1-2H3. The van der Waals surface area contributed by atoms with E-state index in [0.29, 0.717) is 12.3 Å². The molecule has 106 valence electrons. The van der Waals surface area contributed by atoms with Gasteiger partial charge in [-0.1, -0.05) is 6.07 Å². The minimum absolute atomic E-state index is 0.354. The van der Waals surface area contributed by atoms with E-state index >= 15 is 0 Å². The van der Waals surface area contributed by atoms with E-state index in [4.69, 9.17) is 4.74 Å². The average Bonchev–Trinajstić information content (AvgIpc) is 2.89. The SMILES string of the molecule is CCOC(=O)c1nc(-c2ccc3ncccc3c2)sc1C. The first-order valence-corrected chi connectivity index (χ1v) is 7.50. The molecule has 3 rings (SSSR count). The van der Waals surface area contributed by atoms with Gasteiger partial charge in [-0.25, -0.2) is 9.78 Å². The fourth-order valence-corrected chi connectivity index (χ4v) is 3.01. The molecule has 0 saturated carbocycles. The number of benzene rings is 1. The predicted octanol–water partition coefficient (Wildman–Crippen LogP) is 3.84. The number of hydrogen-bond donors (Lipinski definition) is 0. The minimum atomic E-state index is -0.361. The van der Waals surface area contributed by atoms with E-state index in [-0.39, 0.29) is 5.97 Å². The zero-order chi connectivity index (χ0) is 14.8. The molecule has 0 N–H and O–H groups in total. The first-order chi connectivity index (χ1) is 10.2. The first-order valence-electron chi connectivity index (χ1n) is 6.68. The Bertz CT molecular complexity index is 811. The number of aromatic nitrogens is 2. The molecule has 2 aromatic heterocycles. The van der Waals surface area contributed by atoms with Crippen LogP contribution in [0.2, 0.25) is 0 Å². The Morgan fingerprint density at radius 1 is 1.33 bits per heavy atom. The third-order valence-corrected chi connectivity index (χ3v) is 4.14. The van der Waals surface area contributed by atoms with Crippen LogP contribution >= 0.6 is 11.3 Å². The number of rotatable bonds is 3. The molecular weight excluding hydrogens is 284 g/mol. The summed E-state index contributed by atoms with van der Waals surface area (Å²) in [5.41, 5.74) is 2.34. The normalized spacial score (nSPS) is 10.8. The minimum Gasteiger partial charge on any atom is -0.461 e. The van der Waals surface area contributed by atoms with Crippen molar-refractivity contribution >= 4 is 28.2 Å². The van der Waals surface area contributed by atoms with E-state index < -0.39 is 0 Å². The molecule has 5 heteroatoms. The summed E-state index contributed by atoms with van der Waals surface area (Å²) in [4.78, 5) is 21.4. The summed E-state index contributed by atoms with van der Waals surface area (Å²) in [6, 6.07) is 9.89. The Balaban J connectivity index is 2.02. The van der Waals surface area contributed by atoms with Crippen molar-refractivity contribution < 1.29 is 9.53 Å². The summed E-state index contributed by atoms with van der Waals surface area (Å²) in [7, 11) is 0. The number of fused-ring (bicyclic) bond motifs is 1. The highest BCUT2D eigenvalue weighted by molar-refractivity contribution is 7.15. The highest BCUT2D eigenvalue weighted by atomic mass is 32.1. The monoisotopic (exact) mass is 298 g/mol. The molecular formula is C16H14N2O2S. The lowest BCUT2D eigenvalue weighted by Gasteiger charge is -2.00. The Hall–Kier alpha value is -2.27. The van der Waals surface area contributed by atoms with E-state index in [2.05, 4.69) is 9.97 Å². The van der Waals surface area contributed by atoms with Gasteiger partial charge in [0, 0.05) is 22.0 Å². The number of esters is 1. The van der Waals surface area contributed by atoms with Crippen LogP contribution < -0.4 is 0 Å². The number of aryl methyl sites for hydroxylation is 1. The summed E-state index contributed by atoms with van der Waals surface area (Å²) in [6.45, 7) is 4.03. The van der Waals surface area contributed by atoms with Gasteiger partial charge in [0.15, 0.2) is 5.69 Å². The Kier molecular flexibility index (Phi) is 3.66. The Morgan fingerprint density at radius 3 is 3.00 bits per heavy atom. The van der Waals surface area contributed by atoms with Crippen LogP contribution in [0, 0.1) is 6.92 Å². The van der Waals surface area contributed by atoms with E-state index in [1.807, 2.05) is 37.3 Å². The molecule has 0 aliphatic rings. The second kappa shape index (κ2) is 5.61. The molecule has 0 bridgehead atoms. The van der Waals surface area contributed by atoms with Gasteiger partial charge in [0.1, 0.15) is 5.01 Å². The summed E-state index contributed by atoms with van der Waals surface area (Å²) in [5.74, 6) is -0.361. The second-order valence-corrected chi connectivity index (χ2v) is 5.76. The van der Waals surface area contributed by atoms with Crippen LogP contribution in [0.1, 0.15) is 22.3 Å². The third kappa shape index (κ3) is 2.64. The number of pyridine rings is 1. The summed E-state index contributed by atoms with van der Waals surface area (Å²) < 4.78 is 5.02. The fraction of sp³-hybridized carbons (Fsp3) is 0.188. The molecule has 0 fully saturated rings. The average molecular weight is 298 g/mol. The molecule has 3 aromatic rings. The maximum atomic E-state index is 11.8. The molecule has 0 unspecified atom stereocenters. The van der Waals surface area contributed by atoms with Gasteiger partial charge in [-0.05, 0) is 38.1 Å². The zero-order valence-electron chi connectivity index (χ0n) is 11.8. The van der Waals surface area contributed by atoms with Crippen molar-refractivity contribution in [2.45, 2.75) is 13.8 Å². The smallest absolute Gasteiger partial charge is 0.358 e. The van der Waals surface area contributed by atoms with Crippen molar-refractivity contribution in [1.29, 1.82) is 0 Å². The number of ether oxygens (including phenoxy) is 1. The van der Waals surface area contributed by atoms with Crippen molar-refractivity contribution in [3.05, 3.63) is 47.1 Å². The molecule has 21 heavy (non-hydrogen) atoms. The topological polar surface area (TPSA) is 52.1 Å². The summed E-state index contributed by atoms with van der Waals surface area (Å²) in [5, 5.41) is 1.88. The van der Waals surface area contributed by atoms with Gasteiger partial charge in [0.05, 0.1) is 12.1 Å². The zero-order valence-corrected chi connectivity index (χ0v) is 12.6. The van der Waals surface area contributed by atoms with Gasteiger partial charge in [0.2, 0.25) is 0 Å². The lowest BCUT2D eigenvalue weighted by atomic mass is 10.1. The first kappa shape index (κ1) is 13.7. The summed E-state index contributed by atoms with van der Waals surface area (Å²) >= 11 is 1.50. The van der Waals surface area contributed by atoms with Crippen LogP contribution in [0.4, 0.5) is 0 Å². The molecule has 0 saturated heterocycles. The number of thiazole rings is 1. The number of hydrogen-bond acceptors (Lipinski definition) is 5. The van der Waals surface area contributed by atoms with Crippen LogP contribution in [0.3, 0.4) is 0 Å². The number of carbonyl (C=O) groups is 1. The van der Waals surface area contributed by atoms with E-state index in [1.54, 1.807) is 13.1 Å². The molecule has 0 amide bonds. The molecule has 0 spiro atoms. The number of carbonyl (C=O) groups excluding carboxylic acids is 1. The van der Waals surface area contributed by atoms with Gasteiger partial charge < -0.3 is 4.74 Å². The second-order valence-electron chi connectivity index (χ2n) is 4.56. The van der Waals surface area contributed by atoms with Crippen LogP contribution in [0.25, 0.3) is 21.5 Å². The highest BCUT2D eigenvalue weighted by Gasteiger charge is 2.17. The van der Waals surface area contributed by atoms with Gasteiger partial charge in [-0.2, -0.15) is 0 Å². The molecule has 1 aromatic carbocycles. The Morgan fingerprint density at radius 2 is 2.19 bits per heavy atom. The van der Waals surface area contributed by atoms with Gasteiger partial charge >= 0.3 is 5.97 Å². The maximum Gasteiger partial charge on any atom is 0.358 e. The van der Waals surface area contributed by atoms with Gasteiger partial charge in [0.25, 0.3) is 0 Å². The van der Waals surface area contributed by atoms with E-state index in [1.165, 1.54) is 11.3 Å². The maximum absolute atomic E-state index is 11.8. The third-order valence-electron chi connectivity index (χ3n) is 3.12. The van der Waals surface area contributed by atoms with Crippen molar-refractivity contribution in [2.24, 2.45) is 0 Å². The lowest BCUT2D eigenvalue weighted by molar-refractivity contribution is 0.0519. The van der Waals surface area contributed by atoms with Crippen LogP contribution in [-0.2, 0) is 4.74 Å². The van der Waals surface area contributed by atoms with Gasteiger partial charge in [-0.15, -0.1) is 11.3 Å². The van der Waals surface area contributed by atoms with Crippen molar-refractivity contribution in [3.63, 3.8) is 0 Å². The van der Waals surface area contributed by atoms with E-state index in [9.17, 15) is 4.79 Å². The van der Waals surface area contributed by atoms with Crippen molar-refractivity contribution in [3.8, 4) is 10.6 Å². The molecule has 4 nitrogen and oxygen atoms in total. The van der Waals surface area contributed by atoms with Crippen LogP contribution in [0.15, 0.2) is 36.5 Å². The molecule has 0 aliphatic heterocycles. The summed E-state index contributed by atoms with van der Waals surface area (Å²) in [6.07, 6.45) is 1.77. The quantitative estimate of drug-likeness (QED) is 0.689. The molecule has 2 heterocycles. The Labute approximate surface area is 126 Å². The van der Waals surface area contributed by atoms with Crippen LogP contribution in [-0.4, -0.2) is 22.5 Å². The number of nitrogens with zero attached hydrogens (tertiary/aromatic N) is 2. The lowest BCUT2D eigenvalue weighted by Crippen LogP contribution is -2.06. The highest BCUT2D eigenvalue weighted by Crippen LogP contribution is 2.29. The molecule has 0 aliphatic carbocycles. The predicted molar refractivity (Wildman–Crippen MR) is 83.5 cm³/mol. The fourth-order valence-electron chi connectivity index (χ4n) is 2.12. The molecule has 0 radical (unpaired) electrons. The van der Waals surface area contributed by atoms with Crippen molar-refractivity contribution in [2.75, 3.05) is 6.61 Å². The van der Waals surface area contributed by atoms with Crippen molar-refractivity contribution in [1.82, 2.24) is 9.97 Å². The van der Waals surface area contributed by atoms with E-state index in [0.717, 1.165) is 26.4 Å². The largest absolute Gasteiger partial charge is 0.461 e. The van der Waals surface area contributed by atoms with Crippen LogP contribution in [0.5, 0.6) is 0 Å².